The second-order valence-electron chi connectivity index (χ2n) is 3.73. The third-order valence-corrected chi connectivity index (χ3v) is 3.02. The first-order valence-corrected chi connectivity index (χ1v) is 6.58. The highest BCUT2D eigenvalue weighted by molar-refractivity contribution is 7.87. The third kappa shape index (κ3) is 7.85. The molecule has 0 atom stereocenters. The maximum atomic E-state index is 12.2. The number of rotatable bonds is 6. The molecular formula is C8H15F3N2O5S. The highest BCUT2D eigenvalue weighted by Gasteiger charge is 2.37. The molecule has 7 nitrogen and oxygen atoms in total. The van der Waals surface area contributed by atoms with Gasteiger partial charge in [-0.2, -0.15) is 25.9 Å². The highest BCUT2D eigenvalue weighted by Crippen LogP contribution is 2.17. The van der Waals surface area contributed by atoms with Crippen LogP contribution in [0.4, 0.5) is 18.0 Å². The van der Waals surface area contributed by atoms with E-state index < -0.39 is 48.3 Å². The van der Waals surface area contributed by atoms with E-state index in [-0.39, 0.29) is 4.31 Å². The Morgan fingerprint density at radius 1 is 1.42 bits per heavy atom. The van der Waals surface area contributed by atoms with Crippen molar-refractivity contribution in [3.8, 4) is 0 Å². The molecule has 0 saturated heterocycles. The second-order valence-corrected chi connectivity index (χ2v) is 5.40. The number of nitrogens with one attached hydrogen (secondary N) is 1. The zero-order valence-electron chi connectivity index (χ0n) is 10.3. The number of carbonyl (C=O) groups excluding carboxylic acids is 1. The Balaban J connectivity index is 4.84. The summed E-state index contributed by atoms with van der Waals surface area (Å²) in [4.78, 5) is 11.1. The van der Waals surface area contributed by atoms with Gasteiger partial charge < -0.3 is 9.84 Å². The minimum Gasteiger partial charge on any atom is -0.446 e. The van der Waals surface area contributed by atoms with Crippen LogP contribution >= 0.6 is 0 Å². The summed E-state index contributed by atoms with van der Waals surface area (Å²) in [6, 6.07) is 0. The highest BCUT2D eigenvalue weighted by atomic mass is 32.2. The Morgan fingerprint density at radius 2 is 1.95 bits per heavy atom. The van der Waals surface area contributed by atoms with Gasteiger partial charge in [-0.05, 0) is 13.8 Å². The zero-order valence-corrected chi connectivity index (χ0v) is 11.1. The molecule has 0 radical (unpaired) electrons. The standard InChI is InChI=1S/C8H15F3N2O5S/c1-6(2)18-7(15)12-19(16,17)13(3-4-14)5-8(9,10)11/h6,14H,3-5H2,1-2H3,(H,12,15). The lowest BCUT2D eigenvalue weighted by molar-refractivity contribution is -0.136. The lowest BCUT2D eigenvalue weighted by Crippen LogP contribution is -2.48. The Morgan fingerprint density at radius 3 is 2.32 bits per heavy atom. The van der Waals surface area contributed by atoms with Crippen molar-refractivity contribution in [1.29, 1.82) is 0 Å². The topological polar surface area (TPSA) is 95.9 Å². The maximum absolute atomic E-state index is 12.2. The predicted molar refractivity (Wildman–Crippen MR) is 58.4 cm³/mol. The quantitative estimate of drug-likeness (QED) is 0.732. The Kier molecular flexibility index (Phi) is 6.52. The molecule has 1 amide bonds. The van der Waals surface area contributed by atoms with Crippen LogP contribution in [-0.4, -0.2) is 55.9 Å². The van der Waals surface area contributed by atoms with Gasteiger partial charge in [0.1, 0.15) is 6.54 Å². The average Bonchev–Trinajstić information content (AvgIpc) is 2.12. The molecule has 0 aliphatic heterocycles. The van der Waals surface area contributed by atoms with Gasteiger partial charge in [-0.25, -0.2) is 9.52 Å². The van der Waals surface area contributed by atoms with Gasteiger partial charge in [0.25, 0.3) is 0 Å². The molecule has 0 aromatic heterocycles. The van der Waals surface area contributed by atoms with Crippen LogP contribution in [0.2, 0.25) is 0 Å². The molecule has 0 spiro atoms. The zero-order chi connectivity index (χ0) is 15.3. The van der Waals surface area contributed by atoms with Crippen molar-refractivity contribution in [2.45, 2.75) is 26.1 Å². The minimum atomic E-state index is -4.80. The van der Waals surface area contributed by atoms with Crippen molar-refractivity contribution in [2.24, 2.45) is 0 Å². The van der Waals surface area contributed by atoms with Gasteiger partial charge in [0, 0.05) is 6.54 Å². The summed E-state index contributed by atoms with van der Waals surface area (Å²) in [7, 11) is -4.73. The van der Waals surface area contributed by atoms with E-state index in [9.17, 15) is 26.4 Å². The Labute approximate surface area is 108 Å². The van der Waals surface area contributed by atoms with E-state index >= 15 is 0 Å². The van der Waals surface area contributed by atoms with Gasteiger partial charge in [0.15, 0.2) is 0 Å². The van der Waals surface area contributed by atoms with E-state index in [2.05, 4.69) is 4.74 Å². The van der Waals surface area contributed by atoms with Gasteiger partial charge in [-0.1, -0.05) is 0 Å². The van der Waals surface area contributed by atoms with Gasteiger partial charge in [0.2, 0.25) is 0 Å². The first kappa shape index (κ1) is 17.9. The lowest BCUT2D eigenvalue weighted by Gasteiger charge is -2.22. The number of ether oxygens (including phenoxy) is 1. The van der Waals surface area contributed by atoms with E-state index in [1.165, 1.54) is 18.6 Å². The SMILES string of the molecule is CC(C)OC(=O)NS(=O)(=O)N(CCO)CC(F)(F)F. The fraction of sp³-hybridized carbons (Fsp3) is 0.875. The van der Waals surface area contributed by atoms with Crippen LogP contribution in [0, 0.1) is 0 Å². The van der Waals surface area contributed by atoms with Gasteiger partial charge in [-0.3, -0.25) is 0 Å². The maximum Gasteiger partial charge on any atom is 0.422 e. The number of nitrogens with zero attached hydrogens (tertiary/aromatic N) is 1. The fourth-order valence-corrected chi connectivity index (χ4v) is 2.03. The number of aliphatic hydroxyl groups is 1. The number of halogens is 3. The van der Waals surface area contributed by atoms with E-state index in [4.69, 9.17) is 5.11 Å². The number of amides is 1. The molecule has 0 aromatic rings. The smallest absolute Gasteiger partial charge is 0.422 e. The van der Waals surface area contributed by atoms with E-state index in [0.717, 1.165) is 0 Å². The largest absolute Gasteiger partial charge is 0.446 e. The molecule has 0 aliphatic carbocycles. The van der Waals surface area contributed by atoms with Crippen LogP contribution in [0.1, 0.15) is 13.8 Å². The van der Waals surface area contributed by atoms with Gasteiger partial charge in [0.05, 0.1) is 12.7 Å². The van der Waals surface area contributed by atoms with Crippen LogP contribution in [0.25, 0.3) is 0 Å². The van der Waals surface area contributed by atoms with Crippen molar-refractivity contribution >= 4 is 16.3 Å². The molecule has 2 N–H and O–H groups in total. The van der Waals surface area contributed by atoms with Crippen molar-refractivity contribution in [1.82, 2.24) is 9.03 Å². The van der Waals surface area contributed by atoms with Crippen LogP contribution in [0.15, 0.2) is 0 Å². The normalized spacial score (nSPS) is 12.8. The van der Waals surface area contributed by atoms with Crippen molar-refractivity contribution in [3.05, 3.63) is 0 Å². The molecule has 11 heteroatoms. The van der Waals surface area contributed by atoms with Crippen LogP contribution in [0.5, 0.6) is 0 Å². The van der Waals surface area contributed by atoms with E-state index in [1.54, 1.807) is 0 Å². The lowest BCUT2D eigenvalue weighted by atomic mass is 10.5. The minimum absolute atomic E-state index is 0.103. The van der Waals surface area contributed by atoms with Crippen LogP contribution in [0.3, 0.4) is 0 Å². The summed E-state index contributed by atoms with van der Waals surface area (Å²) in [6.45, 7) is -0.571. The van der Waals surface area contributed by atoms with Crippen molar-refractivity contribution < 1.29 is 36.2 Å². The average molecular weight is 308 g/mol. The molecule has 114 valence electrons. The molecule has 0 bridgehead atoms. The van der Waals surface area contributed by atoms with Gasteiger partial charge >= 0.3 is 22.5 Å². The molecule has 0 fully saturated rings. The molecule has 0 saturated carbocycles. The Hall–Kier alpha value is -1.07. The van der Waals surface area contributed by atoms with Crippen molar-refractivity contribution in [3.63, 3.8) is 0 Å². The number of hydrogen-bond acceptors (Lipinski definition) is 5. The predicted octanol–water partition coefficient (Wildman–Crippen LogP) is 0.222. The summed E-state index contributed by atoms with van der Waals surface area (Å²) in [5.41, 5.74) is 0. The van der Waals surface area contributed by atoms with E-state index in [0.29, 0.717) is 0 Å². The number of aliphatic hydroxyl groups excluding tert-OH is 1. The van der Waals surface area contributed by atoms with Crippen LogP contribution < -0.4 is 4.72 Å². The van der Waals surface area contributed by atoms with Gasteiger partial charge in [-0.15, -0.1) is 0 Å². The molecule has 0 rings (SSSR count). The van der Waals surface area contributed by atoms with Crippen LogP contribution in [-0.2, 0) is 14.9 Å². The number of hydrogen-bond donors (Lipinski definition) is 2. The third-order valence-electron chi connectivity index (χ3n) is 1.60. The number of carbonyl (C=O) groups is 1. The van der Waals surface area contributed by atoms with Crippen molar-refractivity contribution in [2.75, 3.05) is 19.7 Å². The molecule has 0 aromatic carbocycles. The molecule has 19 heavy (non-hydrogen) atoms. The van der Waals surface area contributed by atoms with E-state index in [1.807, 2.05) is 0 Å². The first-order valence-electron chi connectivity index (χ1n) is 5.14. The summed E-state index contributed by atoms with van der Waals surface area (Å²) in [5.74, 6) is 0. The fourth-order valence-electron chi connectivity index (χ4n) is 1.00. The molecule has 0 heterocycles. The molecule has 0 unspecified atom stereocenters. The summed E-state index contributed by atoms with van der Waals surface area (Å²) < 4.78 is 65.2. The number of alkyl halides is 3. The first-order chi connectivity index (χ1) is 8.48. The summed E-state index contributed by atoms with van der Waals surface area (Å²) in [5, 5.41) is 8.56. The monoisotopic (exact) mass is 308 g/mol. The molecular weight excluding hydrogens is 293 g/mol. The Bertz CT molecular complexity index is 396. The molecule has 0 aliphatic rings. The summed E-state index contributed by atoms with van der Waals surface area (Å²) >= 11 is 0. The summed E-state index contributed by atoms with van der Waals surface area (Å²) in [6.07, 6.45) is -6.82. The second kappa shape index (κ2) is 6.91.